The number of aromatic nitrogens is 1. The Bertz CT molecular complexity index is 544. The summed E-state index contributed by atoms with van der Waals surface area (Å²) < 4.78 is 0. The number of hydrogen-bond acceptors (Lipinski definition) is 3. The number of nitrogens with one attached hydrogen (secondary N) is 1. The van der Waals surface area contributed by atoms with Crippen molar-refractivity contribution in [2.45, 2.75) is 38.8 Å². The monoisotopic (exact) mass is 258 g/mol. The fraction of sp³-hybridized carbons (Fsp3) is 0.438. The molecule has 2 aromatic rings. The number of hydrogen-bond donors (Lipinski definition) is 2. The molecule has 0 spiro atoms. The Kier molecular flexibility index (Phi) is 4.17. The summed E-state index contributed by atoms with van der Waals surface area (Å²) in [6.45, 7) is 6.62. The third kappa shape index (κ3) is 3.75. The van der Waals surface area contributed by atoms with E-state index in [4.69, 9.17) is 0 Å². The molecular weight excluding hydrogens is 236 g/mol. The first-order chi connectivity index (χ1) is 8.98. The number of para-hydroxylation sites is 1. The first-order valence-electron chi connectivity index (χ1n) is 6.76. The maximum Gasteiger partial charge on any atom is 0.0784 e. The van der Waals surface area contributed by atoms with Crippen LogP contribution in [0, 0.1) is 0 Å². The molecule has 0 fully saturated rings. The van der Waals surface area contributed by atoms with Gasteiger partial charge in [0.05, 0.1) is 11.1 Å². The van der Waals surface area contributed by atoms with Gasteiger partial charge in [-0.15, -0.1) is 0 Å². The molecule has 1 unspecified atom stereocenters. The lowest BCUT2D eigenvalue weighted by molar-refractivity contribution is 0.0584. The quantitative estimate of drug-likeness (QED) is 0.866. The zero-order valence-corrected chi connectivity index (χ0v) is 11.9. The lowest BCUT2D eigenvalue weighted by Crippen LogP contribution is -2.42. The Morgan fingerprint density at radius 3 is 2.74 bits per heavy atom. The molecule has 0 saturated heterocycles. The summed E-state index contributed by atoms with van der Waals surface area (Å²) in [5.41, 5.74) is 1.36. The molecule has 3 heteroatoms. The van der Waals surface area contributed by atoms with Gasteiger partial charge in [-0.3, -0.25) is 4.98 Å². The highest BCUT2D eigenvalue weighted by atomic mass is 16.3. The van der Waals surface area contributed by atoms with Crippen LogP contribution in [0.15, 0.2) is 36.5 Å². The van der Waals surface area contributed by atoms with Crippen molar-refractivity contribution in [3.63, 3.8) is 0 Å². The van der Waals surface area contributed by atoms with Crippen molar-refractivity contribution in [3.8, 4) is 0 Å². The van der Waals surface area contributed by atoms with Gasteiger partial charge in [-0.2, -0.15) is 0 Å². The molecule has 0 aliphatic rings. The Morgan fingerprint density at radius 1 is 1.26 bits per heavy atom. The van der Waals surface area contributed by atoms with Gasteiger partial charge in [0.1, 0.15) is 0 Å². The molecule has 0 amide bonds. The highest BCUT2D eigenvalue weighted by Gasteiger charge is 2.22. The molecule has 0 aliphatic carbocycles. The van der Waals surface area contributed by atoms with Crippen molar-refractivity contribution < 1.29 is 5.11 Å². The van der Waals surface area contributed by atoms with E-state index in [1.54, 1.807) is 0 Å². The van der Waals surface area contributed by atoms with Crippen LogP contribution in [0.1, 0.15) is 26.3 Å². The van der Waals surface area contributed by atoms with Gasteiger partial charge < -0.3 is 10.4 Å². The topological polar surface area (TPSA) is 45.1 Å². The second-order valence-electron chi connectivity index (χ2n) is 5.70. The van der Waals surface area contributed by atoms with Gasteiger partial charge in [-0.25, -0.2) is 0 Å². The van der Waals surface area contributed by atoms with E-state index in [9.17, 15) is 5.11 Å². The van der Waals surface area contributed by atoms with Gasteiger partial charge >= 0.3 is 0 Å². The summed E-state index contributed by atoms with van der Waals surface area (Å²) in [6.07, 6.45) is 2.43. The number of fused-ring (bicyclic) bond motifs is 1. The van der Waals surface area contributed by atoms with Crippen molar-refractivity contribution >= 4 is 10.9 Å². The number of benzene rings is 1. The normalized spacial score (nSPS) is 14.8. The number of aliphatic hydroxyl groups is 1. The second kappa shape index (κ2) is 5.68. The molecular formula is C16H22N2O. The van der Waals surface area contributed by atoms with Crippen LogP contribution in [0.5, 0.6) is 0 Å². The molecule has 1 heterocycles. The highest BCUT2D eigenvalue weighted by Crippen LogP contribution is 2.21. The molecule has 0 bridgehead atoms. The van der Waals surface area contributed by atoms with Crippen LogP contribution in [-0.2, 0) is 6.42 Å². The molecule has 19 heavy (non-hydrogen) atoms. The van der Waals surface area contributed by atoms with E-state index in [0.29, 0.717) is 19.0 Å². The largest absolute Gasteiger partial charge is 0.389 e. The molecule has 1 atom stereocenters. The van der Waals surface area contributed by atoms with Crippen LogP contribution < -0.4 is 5.32 Å². The summed E-state index contributed by atoms with van der Waals surface area (Å²) in [7, 11) is 0. The first-order valence-corrected chi connectivity index (χ1v) is 6.76. The lowest BCUT2D eigenvalue weighted by Gasteiger charge is -2.25. The number of rotatable bonds is 5. The van der Waals surface area contributed by atoms with Crippen LogP contribution in [0.3, 0.4) is 0 Å². The number of pyridine rings is 1. The van der Waals surface area contributed by atoms with Gasteiger partial charge in [-0.1, -0.05) is 32.0 Å². The third-order valence-corrected chi connectivity index (χ3v) is 3.20. The van der Waals surface area contributed by atoms with Crippen LogP contribution in [-0.4, -0.2) is 28.3 Å². The highest BCUT2D eigenvalue weighted by molar-refractivity contribution is 5.81. The Morgan fingerprint density at radius 2 is 2.00 bits per heavy atom. The lowest BCUT2D eigenvalue weighted by atomic mass is 9.94. The predicted molar refractivity (Wildman–Crippen MR) is 79.2 cm³/mol. The van der Waals surface area contributed by atoms with E-state index in [0.717, 1.165) is 16.5 Å². The fourth-order valence-corrected chi connectivity index (χ4v) is 2.21. The zero-order chi connectivity index (χ0) is 13.9. The van der Waals surface area contributed by atoms with Crippen LogP contribution in [0.2, 0.25) is 0 Å². The number of nitrogens with zero attached hydrogens (tertiary/aromatic N) is 1. The van der Waals surface area contributed by atoms with Gasteiger partial charge in [0, 0.05) is 30.6 Å². The minimum atomic E-state index is -0.756. The smallest absolute Gasteiger partial charge is 0.0784 e. The molecule has 3 nitrogen and oxygen atoms in total. The van der Waals surface area contributed by atoms with Crippen molar-refractivity contribution in [1.82, 2.24) is 10.3 Å². The maximum absolute atomic E-state index is 10.5. The Balaban J connectivity index is 2.21. The van der Waals surface area contributed by atoms with Crippen molar-refractivity contribution in [1.29, 1.82) is 0 Å². The SMILES string of the molecule is CC(C)NCC(C)(O)Cc1ccnc2ccccc12. The Hall–Kier alpha value is -1.45. The summed E-state index contributed by atoms with van der Waals surface area (Å²) in [5.74, 6) is 0. The first kappa shape index (κ1) is 14.0. The zero-order valence-electron chi connectivity index (χ0n) is 11.9. The van der Waals surface area contributed by atoms with E-state index >= 15 is 0 Å². The Labute approximate surface area is 114 Å². The molecule has 0 aliphatic heterocycles. The van der Waals surface area contributed by atoms with E-state index < -0.39 is 5.60 Å². The van der Waals surface area contributed by atoms with Gasteiger partial charge in [0.15, 0.2) is 0 Å². The minimum Gasteiger partial charge on any atom is -0.389 e. The second-order valence-corrected chi connectivity index (χ2v) is 5.70. The third-order valence-electron chi connectivity index (χ3n) is 3.20. The fourth-order valence-electron chi connectivity index (χ4n) is 2.21. The summed E-state index contributed by atoms with van der Waals surface area (Å²) in [6, 6.07) is 10.4. The van der Waals surface area contributed by atoms with Crippen molar-refractivity contribution in [2.75, 3.05) is 6.54 Å². The maximum atomic E-state index is 10.5. The summed E-state index contributed by atoms with van der Waals surface area (Å²) >= 11 is 0. The molecule has 0 saturated carbocycles. The van der Waals surface area contributed by atoms with E-state index in [-0.39, 0.29) is 0 Å². The molecule has 2 N–H and O–H groups in total. The van der Waals surface area contributed by atoms with Gasteiger partial charge in [0.2, 0.25) is 0 Å². The molecule has 1 aromatic carbocycles. The van der Waals surface area contributed by atoms with E-state index in [1.807, 2.05) is 37.4 Å². The van der Waals surface area contributed by atoms with Crippen LogP contribution in [0.25, 0.3) is 10.9 Å². The predicted octanol–water partition coefficient (Wildman–Crippen LogP) is 2.53. The van der Waals surface area contributed by atoms with Crippen molar-refractivity contribution in [2.24, 2.45) is 0 Å². The van der Waals surface area contributed by atoms with Crippen LogP contribution >= 0.6 is 0 Å². The van der Waals surface area contributed by atoms with Crippen LogP contribution in [0.4, 0.5) is 0 Å². The van der Waals surface area contributed by atoms with Gasteiger partial charge in [0.25, 0.3) is 0 Å². The van der Waals surface area contributed by atoms with E-state index in [1.165, 1.54) is 0 Å². The molecule has 102 valence electrons. The average molecular weight is 258 g/mol. The van der Waals surface area contributed by atoms with E-state index in [2.05, 4.69) is 30.2 Å². The molecule has 2 rings (SSSR count). The minimum absolute atomic E-state index is 0.376. The summed E-state index contributed by atoms with van der Waals surface area (Å²) in [5, 5.41) is 14.9. The average Bonchev–Trinajstić information content (AvgIpc) is 2.37. The summed E-state index contributed by atoms with van der Waals surface area (Å²) in [4.78, 5) is 4.35. The molecule has 0 radical (unpaired) electrons. The standard InChI is InChI=1S/C16H22N2O/c1-12(2)18-11-16(3,19)10-13-8-9-17-15-7-5-4-6-14(13)15/h4-9,12,18-19H,10-11H2,1-3H3. The van der Waals surface area contributed by atoms with Gasteiger partial charge in [-0.05, 0) is 24.6 Å². The molecule has 1 aromatic heterocycles. The van der Waals surface area contributed by atoms with Crippen molar-refractivity contribution in [3.05, 3.63) is 42.1 Å².